The zero-order valence-electron chi connectivity index (χ0n) is 8.20. The third-order valence-corrected chi connectivity index (χ3v) is 1.81. The van der Waals surface area contributed by atoms with Crippen molar-refractivity contribution in [3.8, 4) is 0 Å². The van der Waals surface area contributed by atoms with Crippen LogP contribution in [0.15, 0.2) is 18.2 Å². The summed E-state index contributed by atoms with van der Waals surface area (Å²) in [6, 6.07) is 5.48. The van der Waals surface area contributed by atoms with Gasteiger partial charge >= 0.3 is 0 Å². The number of ether oxygens (including phenoxy) is 2. The van der Waals surface area contributed by atoms with E-state index in [1.165, 1.54) is 0 Å². The molecule has 0 aliphatic rings. The molecule has 0 aromatic carbocycles. The van der Waals surface area contributed by atoms with Crippen LogP contribution in [-0.2, 0) is 16.1 Å². The van der Waals surface area contributed by atoms with E-state index >= 15 is 0 Å². The molecule has 78 valence electrons. The maximum atomic E-state index is 5.72. The van der Waals surface area contributed by atoms with Gasteiger partial charge in [-0.3, -0.25) is 0 Å². The molecule has 3 nitrogen and oxygen atoms in total. The molecule has 0 spiro atoms. The first-order valence-corrected chi connectivity index (χ1v) is 4.97. The normalized spacial score (nSPS) is 10.4. The van der Waals surface area contributed by atoms with E-state index in [1.807, 2.05) is 19.1 Å². The number of nitrogens with zero attached hydrogens (tertiary/aromatic N) is 1. The molecule has 0 radical (unpaired) electrons. The average molecular weight is 216 g/mol. The first-order valence-electron chi connectivity index (χ1n) is 4.60. The monoisotopic (exact) mass is 215 g/mol. The number of hydrogen-bond donors (Lipinski definition) is 0. The van der Waals surface area contributed by atoms with Crippen LogP contribution < -0.4 is 0 Å². The zero-order chi connectivity index (χ0) is 10.2. The van der Waals surface area contributed by atoms with Crippen LogP contribution in [0.5, 0.6) is 0 Å². The number of aromatic nitrogens is 1. The summed E-state index contributed by atoms with van der Waals surface area (Å²) in [6.45, 7) is 4.37. The Morgan fingerprint density at radius 3 is 2.79 bits per heavy atom. The van der Waals surface area contributed by atoms with Crippen molar-refractivity contribution in [1.82, 2.24) is 4.98 Å². The van der Waals surface area contributed by atoms with Crippen molar-refractivity contribution >= 4 is 11.6 Å². The molecule has 1 heterocycles. The van der Waals surface area contributed by atoms with Crippen molar-refractivity contribution in [3.63, 3.8) is 0 Å². The molecule has 0 aliphatic heterocycles. The lowest BCUT2D eigenvalue weighted by molar-refractivity contribution is 0.0441. The van der Waals surface area contributed by atoms with Crippen molar-refractivity contribution in [2.75, 3.05) is 19.8 Å². The van der Waals surface area contributed by atoms with Gasteiger partial charge in [-0.15, -0.1) is 0 Å². The molecule has 0 aliphatic carbocycles. The van der Waals surface area contributed by atoms with Gasteiger partial charge in [0.25, 0.3) is 0 Å². The van der Waals surface area contributed by atoms with Crippen LogP contribution in [0.3, 0.4) is 0 Å². The van der Waals surface area contributed by atoms with E-state index in [0.29, 0.717) is 25.0 Å². The molecular weight excluding hydrogens is 202 g/mol. The summed E-state index contributed by atoms with van der Waals surface area (Å²) in [6.07, 6.45) is 0. The van der Waals surface area contributed by atoms with Gasteiger partial charge in [0, 0.05) is 6.61 Å². The number of hydrogen-bond acceptors (Lipinski definition) is 3. The van der Waals surface area contributed by atoms with Gasteiger partial charge < -0.3 is 9.47 Å². The molecule has 1 aromatic rings. The molecular formula is C10H14ClNO2. The predicted octanol–water partition coefficient (Wildman–Crippen LogP) is 2.29. The maximum Gasteiger partial charge on any atom is 0.129 e. The van der Waals surface area contributed by atoms with Crippen molar-refractivity contribution in [2.24, 2.45) is 0 Å². The summed E-state index contributed by atoms with van der Waals surface area (Å²) in [5.74, 6) is 0. The van der Waals surface area contributed by atoms with Crippen LogP contribution in [-0.4, -0.2) is 24.8 Å². The Bertz CT molecular complexity index is 268. The molecule has 14 heavy (non-hydrogen) atoms. The van der Waals surface area contributed by atoms with E-state index in [-0.39, 0.29) is 0 Å². The van der Waals surface area contributed by atoms with Crippen molar-refractivity contribution < 1.29 is 9.47 Å². The molecule has 0 bridgehead atoms. The first kappa shape index (κ1) is 11.4. The highest BCUT2D eigenvalue weighted by molar-refractivity contribution is 6.29. The zero-order valence-corrected chi connectivity index (χ0v) is 8.96. The van der Waals surface area contributed by atoms with E-state index in [4.69, 9.17) is 21.1 Å². The average Bonchev–Trinajstić information content (AvgIpc) is 2.18. The van der Waals surface area contributed by atoms with Gasteiger partial charge in [0.2, 0.25) is 0 Å². The van der Waals surface area contributed by atoms with Crippen molar-refractivity contribution in [3.05, 3.63) is 29.0 Å². The fraction of sp³-hybridized carbons (Fsp3) is 0.500. The number of pyridine rings is 1. The molecule has 0 fully saturated rings. The summed E-state index contributed by atoms with van der Waals surface area (Å²) in [5, 5.41) is 0.496. The third kappa shape index (κ3) is 4.56. The minimum Gasteiger partial charge on any atom is -0.379 e. The molecule has 0 amide bonds. The maximum absolute atomic E-state index is 5.72. The fourth-order valence-electron chi connectivity index (χ4n) is 0.970. The Morgan fingerprint density at radius 1 is 1.29 bits per heavy atom. The smallest absolute Gasteiger partial charge is 0.129 e. The second-order valence-corrected chi connectivity index (χ2v) is 3.09. The number of halogens is 1. The van der Waals surface area contributed by atoms with Gasteiger partial charge in [0.05, 0.1) is 25.5 Å². The molecule has 0 saturated carbocycles. The highest BCUT2D eigenvalue weighted by Crippen LogP contribution is 2.05. The van der Waals surface area contributed by atoms with Crippen LogP contribution in [0.25, 0.3) is 0 Å². The third-order valence-electron chi connectivity index (χ3n) is 1.60. The van der Waals surface area contributed by atoms with Gasteiger partial charge in [-0.25, -0.2) is 4.98 Å². The topological polar surface area (TPSA) is 31.4 Å². The van der Waals surface area contributed by atoms with Crippen molar-refractivity contribution in [2.45, 2.75) is 13.5 Å². The molecule has 1 aromatic heterocycles. The van der Waals surface area contributed by atoms with E-state index in [0.717, 1.165) is 12.3 Å². The molecule has 0 atom stereocenters. The van der Waals surface area contributed by atoms with Gasteiger partial charge in [-0.2, -0.15) is 0 Å². The first-order chi connectivity index (χ1) is 6.83. The molecule has 0 saturated heterocycles. The molecule has 1 rings (SSSR count). The predicted molar refractivity (Wildman–Crippen MR) is 55.4 cm³/mol. The number of rotatable bonds is 6. The van der Waals surface area contributed by atoms with Gasteiger partial charge in [0.15, 0.2) is 0 Å². The fourth-order valence-corrected chi connectivity index (χ4v) is 1.15. The minimum absolute atomic E-state index is 0.480. The lowest BCUT2D eigenvalue weighted by atomic mass is 10.4. The van der Waals surface area contributed by atoms with Crippen molar-refractivity contribution in [1.29, 1.82) is 0 Å². The molecule has 0 unspecified atom stereocenters. The van der Waals surface area contributed by atoms with E-state index < -0.39 is 0 Å². The Hall–Kier alpha value is -0.640. The van der Waals surface area contributed by atoms with Crippen LogP contribution >= 0.6 is 11.6 Å². The second-order valence-electron chi connectivity index (χ2n) is 2.70. The lowest BCUT2D eigenvalue weighted by Crippen LogP contribution is -2.04. The highest BCUT2D eigenvalue weighted by atomic mass is 35.5. The van der Waals surface area contributed by atoms with Gasteiger partial charge in [-0.05, 0) is 19.1 Å². The Kier molecular flexibility index (Phi) is 5.52. The standard InChI is InChI=1S/C10H14ClNO2/c1-2-13-6-7-14-8-9-4-3-5-10(11)12-9/h3-5H,2,6-8H2,1H3. The lowest BCUT2D eigenvalue weighted by Gasteiger charge is -2.03. The van der Waals surface area contributed by atoms with Gasteiger partial charge in [0.1, 0.15) is 5.15 Å². The summed E-state index contributed by atoms with van der Waals surface area (Å²) in [5.41, 5.74) is 0.842. The quantitative estimate of drug-likeness (QED) is 0.539. The summed E-state index contributed by atoms with van der Waals surface area (Å²) >= 11 is 5.72. The molecule has 4 heteroatoms. The Labute approximate surface area is 89.0 Å². The van der Waals surface area contributed by atoms with Crippen LogP contribution in [0.1, 0.15) is 12.6 Å². The summed E-state index contributed by atoms with van der Waals surface area (Å²) in [4.78, 5) is 4.09. The Morgan fingerprint density at radius 2 is 2.07 bits per heavy atom. The molecule has 0 N–H and O–H groups in total. The van der Waals surface area contributed by atoms with E-state index in [2.05, 4.69) is 4.98 Å². The van der Waals surface area contributed by atoms with Crippen LogP contribution in [0.2, 0.25) is 5.15 Å². The van der Waals surface area contributed by atoms with Crippen LogP contribution in [0.4, 0.5) is 0 Å². The van der Waals surface area contributed by atoms with Gasteiger partial charge in [-0.1, -0.05) is 17.7 Å². The highest BCUT2D eigenvalue weighted by Gasteiger charge is 1.95. The van der Waals surface area contributed by atoms with E-state index in [9.17, 15) is 0 Å². The largest absolute Gasteiger partial charge is 0.379 e. The van der Waals surface area contributed by atoms with Crippen LogP contribution in [0, 0.1) is 0 Å². The SMILES string of the molecule is CCOCCOCc1cccc(Cl)n1. The minimum atomic E-state index is 0.480. The summed E-state index contributed by atoms with van der Waals surface area (Å²) < 4.78 is 10.5. The van der Waals surface area contributed by atoms with E-state index in [1.54, 1.807) is 6.07 Å². The second kappa shape index (κ2) is 6.76. The Balaban J connectivity index is 2.18. The summed E-state index contributed by atoms with van der Waals surface area (Å²) in [7, 11) is 0.